The maximum Gasteiger partial charge on any atom is 0.358 e. The van der Waals surface area contributed by atoms with Crippen molar-refractivity contribution in [2.45, 2.75) is 6.54 Å². The molecule has 1 aromatic heterocycles. The molecule has 0 unspecified atom stereocenters. The van der Waals surface area contributed by atoms with Crippen molar-refractivity contribution in [2.24, 2.45) is 0 Å². The fourth-order valence-electron chi connectivity index (χ4n) is 1.52. The Morgan fingerprint density at radius 2 is 2.33 bits per heavy atom. The summed E-state index contributed by atoms with van der Waals surface area (Å²) in [7, 11) is 1.58. The summed E-state index contributed by atoms with van der Waals surface area (Å²) in [5, 5.41) is 16.1. The van der Waals surface area contributed by atoms with Crippen molar-refractivity contribution in [3.05, 3.63) is 40.1 Å². The Labute approximate surface area is 111 Å². The van der Waals surface area contributed by atoms with Gasteiger partial charge in [-0.2, -0.15) is 0 Å². The Kier molecular flexibility index (Phi) is 3.61. The van der Waals surface area contributed by atoms with Crippen LogP contribution < -0.4 is 4.74 Å². The molecule has 0 amide bonds. The van der Waals surface area contributed by atoms with Crippen molar-refractivity contribution in [3.8, 4) is 5.75 Å². The second-order valence-electron chi connectivity index (χ2n) is 3.56. The quantitative estimate of drug-likeness (QED) is 0.931. The molecule has 2 aromatic rings. The largest absolute Gasteiger partial charge is 0.496 e. The molecule has 0 fully saturated rings. The zero-order valence-corrected chi connectivity index (χ0v) is 11.1. The molecular weight excluding hydrogens is 302 g/mol. The first-order chi connectivity index (χ1) is 8.60. The van der Waals surface area contributed by atoms with E-state index in [1.54, 1.807) is 7.11 Å². The van der Waals surface area contributed by atoms with Crippen LogP contribution in [0, 0.1) is 0 Å². The zero-order valence-electron chi connectivity index (χ0n) is 9.50. The average molecular weight is 312 g/mol. The summed E-state index contributed by atoms with van der Waals surface area (Å²) in [4.78, 5) is 10.7. The molecule has 6 nitrogen and oxygen atoms in total. The highest BCUT2D eigenvalue weighted by molar-refractivity contribution is 9.10. The van der Waals surface area contributed by atoms with Gasteiger partial charge in [0.25, 0.3) is 0 Å². The number of aromatic carboxylic acids is 1. The number of benzene rings is 1. The van der Waals surface area contributed by atoms with E-state index >= 15 is 0 Å². The minimum atomic E-state index is -1.09. The van der Waals surface area contributed by atoms with Crippen LogP contribution in [0.15, 0.2) is 28.9 Å². The molecule has 18 heavy (non-hydrogen) atoms. The fraction of sp³-hybridized carbons (Fsp3) is 0.182. The molecule has 1 heterocycles. The summed E-state index contributed by atoms with van der Waals surface area (Å²) < 4.78 is 7.59. The number of nitrogens with zero attached hydrogens (tertiary/aromatic N) is 3. The number of carboxylic acids is 1. The molecule has 0 aliphatic carbocycles. The van der Waals surface area contributed by atoms with Gasteiger partial charge < -0.3 is 9.84 Å². The summed E-state index contributed by atoms with van der Waals surface area (Å²) in [6, 6.07) is 5.59. The normalized spacial score (nSPS) is 10.3. The molecule has 0 saturated heterocycles. The van der Waals surface area contributed by atoms with E-state index in [9.17, 15) is 4.79 Å². The first kappa shape index (κ1) is 12.6. The predicted octanol–water partition coefficient (Wildman–Crippen LogP) is 1.80. The maximum absolute atomic E-state index is 10.7. The number of aromatic nitrogens is 3. The van der Waals surface area contributed by atoms with Gasteiger partial charge in [-0.1, -0.05) is 21.1 Å². The summed E-state index contributed by atoms with van der Waals surface area (Å²) in [5.74, 6) is -0.381. The van der Waals surface area contributed by atoms with E-state index in [2.05, 4.69) is 26.2 Å². The number of halogens is 1. The molecule has 0 bridgehead atoms. The van der Waals surface area contributed by atoms with Crippen molar-refractivity contribution < 1.29 is 14.6 Å². The minimum Gasteiger partial charge on any atom is -0.496 e. The Bertz CT molecular complexity index is 583. The highest BCUT2D eigenvalue weighted by Crippen LogP contribution is 2.23. The molecule has 0 spiro atoms. The van der Waals surface area contributed by atoms with E-state index in [0.717, 1.165) is 10.0 Å². The number of hydrogen-bond donors (Lipinski definition) is 1. The monoisotopic (exact) mass is 311 g/mol. The third kappa shape index (κ3) is 2.67. The van der Waals surface area contributed by atoms with E-state index < -0.39 is 5.97 Å². The number of hydrogen-bond acceptors (Lipinski definition) is 4. The number of ether oxygens (including phenoxy) is 1. The number of rotatable bonds is 4. The van der Waals surface area contributed by atoms with Gasteiger partial charge in [-0.15, -0.1) is 5.10 Å². The van der Waals surface area contributed by atoms with Crippen molar-refractivity contribution in [3.63, 3.8) is 0 Å². The molecular formula is C11H10BrN3O3. The summed E-state index contributed by atoms with van der Waals surface area (Å²) in [6.45, 7) is 0.392. The smallest absolute Gasteiger partial charge is 0.358 e. The van der Waals surface area contributed by atoms with Crippen LogP contribution in [0.4, 0.5) is 0 Å². The van der Waals surface area contributed by atoms with Gasteiger partial charge in [0.1, 0.15) is 5.75 Å². The average Bonchev–Trinajstić information content (AvgIpc) is 2.78. The van der Waals surface area contributed by atoms with E-state index in [1.165, 1.54) is 10.9 Å². The highest BCUT2D eigenvalue weighted by atomic mass is 79.9. The van der Waals surface area contributed by atoms with Crippen LogP contribution in [-0.4, -0.2) is 33.2 Å². The van der Waals surface area contributed by atoms with Gasteiger partial charge in [0.15, 0.2) is 5.69 Å². The number of carbonyl (C=O) groups is 1. The number of carboxylic acid groups (broad SMARTS) is 1. The van der Waals surface area contributed by atoms with Gasteiger partial charge in [-0.25, -0.2) is 9.48 Å². The van der Waals surface area contributed by atoms with Gasteiger partial charge in [0, 0.05) is 10.0 Å². The van der Waals surface area contributed by atoms with Crippen LogP contribution in [0.25, 0.3) is 0 Å². The lowest BCUT2D eigenvalue weighted by atomic mass is 10.2. The topological polar surface area (TPSA) is 77.2 Å². The van der Waals surface area contributed by atoms with E-state index in [0.29, 0.717) is 12.3 Å². The Hall–Kier alpha value is -1.89. The van der Waals surface area contributed by atoms with Crippen LogP contribution >= 0.6 is 15.9 Å². The lowest BCUT2D eigenvalue weighted by Crippen LogP contribution is -2.02. The summed E-state index contributed by atoms with van der Waals surface area (Å²) >= 11 is 3.37. The Balaban J connectivity index is 2.27. The Morgan fingerprint density at radius 3 is 2.94 bits per heavy atom. The van der Waals surface area contributed by atoms with E-state index in [-0.39, 0.29) is 5.69 Å². The third-order valence-corrected chi connectivity index (χ3v) is 2.83. The Morgan fingerprint density at radius 1 is 1.56 bits per heavy atom. The van der Waals surface area contributed by atoms with Crippen LogP contribution in [0.3, 0.4) is 0 Å². The SMILES string of the molecule is COc1ccc(Br)cc1Cn1cc(C(=O)O)nn1. The first-order valence-corrected chi connectivity index (χ1v) is 5.85. The van der Waals surface area contributed by atoms with Crippen molar-refractivity contribution in [2.75, 3.05) is 7.11 Å². The molecule has 2 rings (SSSR count). The molecule has 1 N–H and O–H groups in total. The third-order valence-electron chi connectivity index (χ3n) is 2.33. The second kappa shape index (κ2) is 5.18. The van der Waals surface area contributed by atoms with Crippen molar-refractivity contribution in [1.82, 2.24) is 15.0 Å². The standard InChI is InChI=1S/C11H10BrN3O3/c1-18-10-3-2-8(12)4-7(10)5-15-6-9(11(16)17)13-14-15/h2-4,6H,5H2,1H3,(H,16,17). The zero-order chi connectivity index (χ0) is 13.1. The van der Waals surface area contributed by atoms with E-state index in [4.69, 9.17) is 9.84 Å². The van der Waals surface area contributed by atoms with Crippen molar-refractivity contribution >= 4 is 21.9 Å². The fourth-order valence-corrected chi connectivity index (χ4v) is 1.93. The van der Waals surface area contributed by atoms with Gasteiger partial charge >= 0.3 is 5.97 Å². The molecule has 7 heteroatoms. The molecule has 0 atom stereocenters. The minimum absolute atomic E-state index is 0.0797. The highest BCUT2D eigenvalue weighted by Gasteiger charge is 2.10. The maximum atomic E-state index is 10.7. The molecule has 1 aromatic carbocycles. The van der Waals surface area contributed by atoms with Crippen LogP contribution in [0.2, 0.25) is 0 Å². The predicted molar refractivity (Wildman–Crippen MR) is 66.8 cm³/mol. The van der Waals surface area contributed by atoms with Crippen molar-refractivity contribution in [1.29, 1.82) is 0 Å². The van der Waals surface area contributed by atoms with Gasteiger partial charge in [-0.05, 0) is 18.2 Å². The summed E-state index contributed by atoms with van der Waals surface area (Å²) in [5.41, 5.74) is 0.803. The molecule has 0 aliphatic rings. The lowest BCUT2D eigenvalue weighted by Gasteiger charge is -2.08. The van der Waals surface area contributed by atoms with Crippen LogP contribution in [0.5, 0.6) is 5.75 Å². The van der Waals surface area contributed by atoms with Gasteiger partial charge in [0.05, 0.1) is 19.9 Å². The molecule has 0 saturated carbocycles. The first-order valence-electron chi connectivity index (χ1n) is 5.06. The molecule has 94 valence electrons. The second-order valence-corrected chi connectivity index (χ2v) is 4.48. The summed E-state index contributed by atoms with van der Waals surface area (Å²) in [6.07, 6.45) is 1.38. The lowest BCUT2D eigenvalue weighted by molar-refractivity contribution is 0.0690. The van der Waals surface area contributed by atoms with Gasteiger partial charge in [-0.3, -0.25) is 0 Å². The van der Waals surface area contributed by atoms with Crippen LogP contribution in [0.1, 0.15) is 16.1 Å². The van der Waals surface area contributed by atoms with E-state index in [1.807, 2.05) is 18.2 Å². The number of methoxy groups -OCH3 is 1. The molecule has 0 radical (unpaired) electrons. The van der Waals surface area contributed by atoms with Crippen LogP contribution in [-0.2, 0) is 6.54 Å². The van der Waals surface area contributed by atoms with Gasteiger partial charge in [0.2, 0.25) is 0 Å². The molecule has 0 aliphatic heterocycles.